The Morgan fingerprint density at radius 1 is 1.16 bits per heavy atom. The molecule has 100 valence electrons. The number of rotatable bonds is 3. The number of nitrogens with zero attached hydrogens (tertiary/aromatic N) is 2. The second-order valence-electron chi connectivity index (χ2n) is 3.60. The van der Waals surface area contributed by atoms with Crippen LogP contribution in [0.25, 0.3) is 0 Å². The molecule has 1 N–H and O–H groups in total. The van der Waals surface area contributed by atoms with E-state index in [1.165, 1.54) is 30.6 Å². The second kappa shape index (κ2) is 5.23. The maximum absolute atomic E-state index is 12.7. The zero-order valence-corrected chi connectivity index (χ0v) is 9.55. The highest BCUT2D eigenvalue weighted by atomic mass is 19.4. The molecule has 0 unspecified atom stereocenters. The summed E-state index contributed by atoms with van der Waals surface area (Å²) in [5.74, 6) is -0.470. The number of alkyl halides is 3. The van der Waals surface area contributed by atoms with Gasteiger partial charge in [-0.25, -0.2) is 4.98 Å². The molecule has 2 rings (SSSR count). The van der Waals surface area contributed by atoms with Crippen molar-refractivity contribution in [2.24, 2.45) is 0 Å². The highest BCUT2D eigenvalue weighted by molar-refractivity contribution is 5.37. The smallest absolute Gasteiger partial charge is 0.419 e. The van der Waals surface area contributed by atoms with Crippen molar-refractivity contribution in [3.8, 4) is 11.6 Å². The maximum atomic E-state index is 12.7. The van der Waals surface area contributed by atoms with Crippen LogP contribution in [-0.4, -0.2) is 15.1 Å². The summed E-state index contributed by atoms with van der Waals surface area (Å²) in [5, 5.41) is 8.87. The Bertz CT molecular complexity index is 573. The van der Waals surface area contributed by atoms with Gasteiger partial charge in [0, 0.05) is 0 Å². The Kier molecular flexibility index (Phi) is 3.66. The normalized spacial score (nSPS) is 11.4. The third-order valence-corrected chi connectivity index (χ3v) is 2.23. The Labute approximate surface area is 106 Å². The first-order valence-electron chi connectivity index (χ1n) is 5.26. The number of aliphatic hydroxyl groups is 1. The zero-order chi connectivity index (χ0) is 13.9. The molecule has 0 saturated heterocycles. The topological polar surface area (TPSA) is 55.2 Å². The summed E-state index contributed by atoms with van der Waals surface area (Å²) in [4.78, 5) is 7.52. The molecular weight excluding hydrogens is 261 g/mol. The van der Waals surface area contributed by atoms with Gasteiger partial charge < -0.3 is 9.84 Å². The van der Waals surface area contributed by atoms with Gasteiger partial charge >= 0.3 is 6.18 Å². The monoisotopic (exact) mass is 270 g/mol. The van der Waals surface area contributed by atoms with Crippen LogP contribution in [0.3, 0.4) is 0 Å². The van der Waals surface area contributed by atoms with Crippen molar-refractivity contribution >= 4 is 0 Å². The average molecular weight is 270 g/mol. The summed E-state index contributed by atoms with van der Waals surface area (Å²) < 4.78 is 43.3. The van der Waals surface area contributed by atoms with Crippen molar-refractivity contribution in [2.75, 3.05) is 0 Å². The Balaban J connectivity index is 2.33. The third kappa shape index (κ3) is 3.19. The minimum absolute atomic E-state index is 0.108. The van der Waals surface area contributed by atoms with Gasteiger partial charge in [-0.05, 0) is 12.1 Å². The average Bonchev–Trinajstić information content (AvgIpc) is 2.38. The highest BCUT2D eigenvalue weighted by Crippen LogP contribution is 2.37. The molecule has 1 aromatic heterocycles. The Hall–Kier alpha value is -2.15. The molecule has 0 aliphatic heterocycles. The van der Waals surface area contributed by atoms with E-state index < -0.39 is 11.7 Å². The van der Waals surface area contributed by atoms with E-state index in [9.17, 15) is 13.2 Å². The van der Waals surface area contributed by atoms with Crippen molar-refractivity contribution in [3.63, 3.8) is 0 Å². The molecule has 0 aliphatic rings. The summed E-state index contributed by atoms with van der Waals surface area (Å²) in [5.41, 5.74) is -0.687. The molecule has 19 heavy (non-hydrogen) atoms. The van der Waals surface area contributed by atoms with Gasteiger partial charge in [-0.2, -0.15) is 13.2 Å². The van der Waals surface area contributed by atoms with Gasteiger partial charge in [0.15, 0.2) is 0 Å². The molecule has 0 bridgehead atoms. The molecule has 1 aromatic carbocycles. The van der Waals surface area contributed by atoms with Crippen molar-refractivity contribution in [1.29, 1.82) is 0 Å². The second-order valence-corrected chi connectivity index (χ2v) is 3.60. The number of para-hydroxylation sites is 1. The van der Waals surface area contributed by atoms with E-state index in [1.54, 1.807) is 0 Å². The number of aromatic nitrogens is 2. The van der Waals surface area contributed by atoms with Crippen LogP contribution in [0.4, 0.5) is 13.2 Å². The van der Waals surface area contributed by atoms with Crippen LogP contribution in [0.1, 0.15) is 11.3 Å². The van der Waals surface area contributed by atoms with Gasteiger partial charge in [0.25, 0.3) is 0 Å². The molecule has 0 radical (unpaired) electrons. The van der Waals surface area contributed by atoms with Gasteiger partial charge in [-0.1, -0.05) is 12.1 Å². The summed E-state index contributed by atoms with van der Waals surface area (Å²) in [6.45, 7) is -0.370. The Morgan fingerprint density at radius 3 is 2.58 bits per heavy atom. The maximum Gasteiger partial charge on any atom is 0.419 e. The fourth-order valence-corrected chi connectivity index (χ4v) is 1.41. The van der Waals surface area contributed by atoms with E-state index in [0.29, 0.717) is 0 Å². The molecular formula is C12H9F3N2O2. The zero-order valence-electron chi connectivity index (χ0n) is 9.55. The van der Waals surface area contributed by atoms with E-state index in [1.807, 2.05) is 0 Å². The molecule has 0 fully saturated rings. The minimum Gasteiger partial charge on any atom is -0.437 e. The molecule has 0 saturated carbocycles. The van der Waals surface area contributed by atoms with Crippen LogP contribution in [0, 0.1) is 0 Å². The van der Waals surface area contributed by atoms with Gasteiger partial charge in [0.1, 0.15) is 5.75 Å². The lowest BCUT2D eigenvalue weighted by atomic mass is 10.2. The highest BCUT2D eigenvalue weighted by Gasteiger charge is 2.34. The van der Waals surface area contributed by atoms with Crippen molar-refractivity contribution in [2.45, 2.75) is 12.8 Å². The first-order chi connectivity index (χ1) is 9.00. The summed E-state index contributed by atoms with van der Waals surface area (Å²) >= 11 is 0. The molecule has 0 amide bonds. The molecule has 0 atom stereocenters. The molecule has 0 aliphatic carbocycles. The number of hydrogen-bond acceptors (Lipinski definition) is 4. The summed E-state index contributed by atoms with van der Waals surface area (Å²) in [6, 6.07) is 4.80. The number of aliphatic hydroxyl groups excluding tert-OH is 1. The van der Waals surface area contributed by atoms with E-state index >= 15 is 0 Å². The number of halogens is 3. The van der Waals surface area contributed by atoms with Crippen molar-refractivity contribution < 1.29 is 23.0 Å². The molecule has 2 aromatic rings. The SMILES string of the molecule is OCc1cncc(Oc2ccccc2C(F)(F)F)n1. The van der Waals surface area contributed by atoms with Gasteiger partial charge in [-0.3, -0.25) is 4.98 Å². The first-order valence-corrected chi connectivity index (χ1v) is 5.26. The lowest BCUT2D eigenvalue weighted by molar-refractivity contribution is -0.138. The lowest BCUT2D eigenvalue weighted by Gasteiger charge is -2.12. The van der Waals surface area contributed by atoms with Gasteiger partial charge in [0.05, 0.1) is 30.3 Å². The summed E-state index contributed by atoms with van der Waals surface area (Å²) in [6.07, 6.45) is -2.05. The number of hydrogen-bond donors (Lipinski definition) is 1. The molecule has 1 heterocycles. The predicted octanol–water partition coefficient (Wildman–Crippen LogP) is 2.78. The first kappa shape index (κ1) is 13.3. The number of benzene rings is 1. The third-order valence-electron chi connectivity index (χ3n) is 2.23. The van der Waals surface area contributed by atoms with Crippen molar-refractivity contribution in [1.82, 2.24) is 9.97 Å². The summed E-state index contributed by atoms with van der Waals surface area (Å²) in [7, 11) is 0. The van der Waals surface area contributed by atoms with Crippen LogP contribution in [0.2, 0.25) is 0 Å². The van der Waals surface area contributed by atoms with E-state index in [-0.39, 0.29) is 23.9 Å². The lowest BCUT2D eigenvalue weighted by Crippen LogP contribution is -2.07. The fraction of sp³-hybridized carbons (Fsp3) is 0.167. The molecule has 0 spiro atoms. The van der Waals surface area contributed by atoms with Crippen molar-refractivity contribution in [3.05, 3.63) is 47.9 Å². The minimum atomic E-state index is -4.52. The van der Waals surface area contributed by atoms with E-state index in [0.717, 1.165) is 6.07 Å². The van der Waals surface area contributed by atoms with Crippen LogP contribution in [0.5, 0.6) is 11.6 Å². The van der Waals surface area contributed by atoms with Crippen LogP contribution in [-0.2, 0) is 12.8 Å². The molecule has 4 nitrogen and oxygen atoms in total. The van der Waals surface area contributed by atoms with E-state index in [2.05, 4.69) is 9.97 Å². The number of ether oxygens (including phenoxy) is 1. The quantitative estimate of drug-likeness (QED) is 0.931. The predicted molar refractivity (Wildman–Crippen MR) is 59.5 cm³/mol. The van der Waals surface area contributed by atoms with Crippen LogP contribution in [0.15, 0.2) is 36.7 Å². The fourth-order valence-electron chi connectivity index (χ4n) is 1.41. The largest absolute Gasteiger partial charge is 0.437 e. The van der Waals surface area contributed by atoms with Crippen LogP contribution < -0.4 is 4.74 Å². The Morgan fingerprint density at radius 2 is 1.89 bits per heavy atom. The standard InChI is InChI=1S/C12H9F3N2O2/c13-12(14,15)9-3-1-2-4-10(9)19-11-6-16-5-8(7-18)17-11/h1-6,18H,7H2. The van der Waals surface area contributed by atoms with Gasteiger partial charge in [-0.15, -0.1) is 0 Å². The van der Waals surface area contributed by atoms with E-state index in [4.69, 9.17) is 9.84 Å². The van der Waals surface area contributed by atoms with Crippen LogP contribution >= 0.6 is 0 Å². The molecule has 7 heteroatoms. The van der Waals surface area contributed by atoms with Gasteiger partial charge in [0.2, 0.25) is 5.88 Å².